The summed E-state index contributed by atoms with van der Waals surface area (Å²) in [7, 11) is 0. The number of aromatic nitrogens is 1. The van der Waals surface area contributed by atoms with Crippen LogP contribution in [0.15, 0.2) is 27.9 Å². The van der Waals surface area contributed by atoms with Crippen LogP contribution >= 0.6 is 46.7 Å². The van der Waals surface area contributed by atoms with Gasteiger partial charge < -0.3 is 10.6 Å². The smallest absolute Gasteiger partial charge is 0.191 e. The van der Waals surface area contributed by atoms with Gasteiger partial charge in [0.15, 0.2) is 5.96 Å². The fourth-order valence-electron chi connectivity index (χ4n) is 2.01. The van der Waals surface area contributed by atoms with Gasteiger partial charge in [0.1, 0.15) is 0 Å². The van der Waals surface area contributed by atoms with Gasteiger partial charge in [0.25, 0.3) is 0 Å². The van der Waals surface area contributed by atoms with Crippen LogP contribution in [-0.4, -0.2) is 30.6 Å². The van der Waals surface area contributed by atoms with Gasteiger partial charge in [-0.05, 0) is 24.8 Å². The Kier molecular flexibility index (Phi) is 10.5. The van der Waals surface area contributed by atoms with E-state index >= 15 is 0 Å². The number of nitrogens with one attached hydrogen (secondary N) is 2. The number of nitrogens with zero attached hydrogens (tertiary/aromatic N) is 2. The zero-order valence-corrected chi connectivity index (χ0v) is 17.6. The van der Waals surface area contributed by atoms with Crippen LogP contribution in [0.4, 0.5) is 0 Å². The first-order chi connectivity index (χ1) is 10.8. The van der Waals surface area contributed by atoms with Crippen LogP contribution in [0.3, 0.4) is 0 Å². The van der Waals surface area contributed by atoms with Gasteiger partial charge in [-0.15, -0.1) is 46.7 Å². The molecule has 0 aliphatic heterocycles. The highest BCUT2D eigenvalue weighted by Gasteiger charge is 2.02. The molecule has 0 radical (unpaired) electrons. The van der Waals surface area contributed by atoms with Gasteiger partial charge in [-0.1, -0.05) is 13.0 Å². The number of guanidine groups is 1. The molecule has 2 N–H and O–H groups in total. The maximum atomic E-state index is 4.62. The van der Waals surface area contributed by atoms with Crippen LogP contribution in [0.1, 0.15) is 29.4 Å². The van der Waals surface area contributed by atoms with Crippen LogP contribution in [-0.2, 0) is 19.3 Å². The maximum Gasteiger partial charge on any atom is 0.191 e. The van der Waals surface area contributed by atoms with Gasteiger partial charge in [0.05, 0.1) is 10.7 Å². The molecule has 7 heteroatoms. The van der Waals surface area contributed by atoms with E-state index in [4.69, 9.17) is 0 Å². The molecule has 0 spiro atoms. The van der Waals surface area contributed by atoms with E-state index in [1.54, 1.807) is 22.7 Å². The molecule has 2 rings (SSSR count). The lowest BCUT2D eigenvalue weighted by molar-refractivity contribution is 0.787. The molecule has 0 aromatic carbocycles. The lowest BCUT2D eigenvalue weighted by Crippen LogP contribution is -2.38. The van der Waals surface area contributed by atoms with Crippen molar-refractivity contribution < 1.29 is 0 Å². The topological polar surface area (TPSA) is 49.3 Å². The van der Waals surface area contributed by atoms with Crippen molar-refractivity contribution in [3.63, 3.8) is 0 Å². The summed E-state index contributed by atoms with van der Waals surface area (Å²) in [4.78, 5) is 10.6. The molecular formula is C16H25IN4S2. The van der Waals surface area contributed by atoms with Crippen molar-refractivity contribution in [3.05, 3.63) is 38.5 Å². The van der Waals surface area contributed by atoms with E-state index in [2.05, 4.69) is 57.4 Å². The van der Waals surface area contributed by atoms with Crippen molar-refractivity contribution >= 4 is 52.6 Å². The molecule has 0 saturated carbocycles. The molecule has 0 aliphatic carbocycles. The zero-order valence-electron chi connectivity index (χ0n) is 13.7. The monoisotopic (exact) mass is 464 g/mol. The number of aryl methyl sites for hydroxylation is 1. The zero-order chi connectivity index (χ0) is 15.6. The second-order valence-electron chi connectivity index (χ2n) is 4.85. The van der Waals surface area contributed by atoms with Crippen LogP contribution in [0.25, 0.3) is 0 Å². The molecule has 0 atom stereocenters. The Hall–Kier alpha value is -0.670. The van der Waals surface area contributed by atoms with E-state index in [9.17, 15) is 0 Å². The lowest BCUT2D eigenvalue weighted by Gasteiger charge is -2.10. The largest absolute Gasteiger partial charge is 0.357 e. The number of thiazole rings is 1. The molecular weight excluding hydrogens is 439 g/mol. The summed E-state index contributed by atoms with van der Waals surface area (Å²) in [6.45, 7) is 6.78. The first-order valence-corrected chi connectivity index (χ1v) is 9.55. The Morgan fingerprint density at radius 3 is 2.74 bits per heavy atom. The predicted molar refractivity (Wildman–Crippen MR) is 113 cm³/mol. The van der Waals surface area contributed by atoms with E-state index in [-0.39, 0.29) is 24.0 Å². The molecule has 0 bridgehead atoms. The third kappa shape index (κ3) is 7.63. The first kappa shape index (κ1) is 20.4. The van der Waals surface area contributed by atoms with E-state index in [0.717, 1.165) is 44.9 Å². The van der Waals surface area contributed by atoms with Crippen molar-refractivity contribution in [3.8, 4) is 0 Å². The summed E-state index contributed by atoms with van der Waals surface area (Å²) in [6.07, 6.45) is 2.96. The van der Waals surface area contributed by atoms with Crippen molar-refractivity contribution in [1.29, 1.82) is 0 Å². The molecule has 0 saturated heterocycles. The summed E-state index contributed by atoms with van der Waals surface area (Å²) >= 11 is 3.54. The van der Waals surface area contributed by atoms with Crippen LogP contribution in [0, 0.1) is 0 Å². The van der Waals surface area contributed by atoms with Gasteiger partial charge in [0, 0.05) is 42.7 Å². The molecule has 0 fully saturated rings. The SMILES string of the molecule is CCNC(=NCCc1cccs1)NCCc1csc(CC)n1.I. The van der Waals surface area contributed by atoms with Gasteiger partial charge in [-0.25, -0.2) is 4.98 Å². The predicted octanol–water partition coefficient (Wildman–Crippen LogP) is 3.73. The molecule has 0 amide bonds. The minimum atomic E-state index is 0. The Bertz CT molecular complexity index is 566. The van der Waals surface area contributed by atoms with Crippen LogP contribution in [0.2, 0.25) is 0 Å². The molecule has 128 valence electrons. The molecule has 23 heavy (non-hydrogen) atoms. The number of aliphatic imine (C=N–C) groups is 1. The van der Waals surface area contributed by atoms with E-state index in [1.807, 2.05) is 0 Å². The summed E-state index contributed by atoms with van der Waals surface area (Å²) < 4.78 is 0. The molecule has 0 unspecified atom stereocenters. The summed E-state index contributed by atoms with van der Waals surface area (Å²) in [6, 6.07) is 4.25. The molecule has 0 aliphatic rings. The lowest BCUT2D eigenvalue weighted by atomic mass is 10.3. The fraction of sp³-hybridized carbons (Fsp3) is 0.500. The van der Waals surface area contributed by atoms with E-state index in [0.29, 0.717) is 0 Å². The van der Waals surface area contributed by atoms with Crippen molar-refractivity contribution in [2.24, 2.45) is 4.99 Å². The van der Waals surface area contributed by atoms with Crippen LogP contribution < -0.4 is 10.6 Å². The summed E-state index contributed by atoms with van der Waals surface area (Å²) in [5.74, 6) is 0.894. The quantitative estimate of drug-likeness (QED) is 0.356. The Labute approximate surface area is 163 Å². The van der Waals surface area contributed by atoms with Gasteiger partial charge in [-0.3, -0.25) is 4.99 Å². The van der Waals surface area contributed by atoms with Gasteiger partial charge in [0.2, 0.25) is 0 Å². The Morgan fingerprint density at radius 2 is 2.09 bits per heavy atom. The number of rotatable bonds is 8. The number of halogens is 1. The van der Waals surface area contributed by atoms with E-state index < -0.39 is 0 Å². The third-order valence-corrected chi connectivity index (χ3v) is 5.11. The van der Waals surface area contributed by atoms with Crippen LogP contribution in [0.5, 0.6) is 0 Å². The maximum absolute atomic E-state index is 4.62. The molecule has 2 aromatic heterocycles. The highest BCUT2D eigenvalue weighted by molar-refractivity contribution is 14.0. The normalized spacial score (nSPS) is 11.1. The van der Waals surface area contributed by atoms with Gasteiger partial charge in [-0.2, -0.15) is 0 Å². The highest BCUT2D eigenvalue weighted by Crippen LogP contribution is 2.10. The first-order valence-electron chi connectivity index (χ1n) is 7.79. The van der Waals surface area contributed by atoms with Gasteiger partial charge >= 0.3 is 0 Å². The Morgan fingerprint density at radius 1 is 1.22 bits per heavy atom. The summed E-state index contributed by atoms with van der Waals surface area (Å²) in [5.41, 5.74) is 1.17. The minimum Gasteiger partial charge on any atom is -0.357 e. The molecule has 4 nitrogen and oxygen atoms in total. The fourth-order valence-corrected chi connectivity index (χ4v) is 3.49. The second-order valence-corrected chi connectivity index (χ2v) is 6.83. The highest BCUT2D eigenvalue weighted by atomic mass is 127. The van der Waals surface area contributed by atoms with Crippen molar-refractivity contribution in [2.75, 3.05) is 19.6 Å². The number of hydrogen-bond donors (Lipinski definition) is 2. The second kappa shape index (κ2) is 11.8. The van der Waals surface area contributed by atoms with E-state index in [1.165, 1.54) is 15.6 Å². The van der Waals surface area contributed by atoms with Crippen molar-refractivity contribution in [1.82, 2.24) is 15.6 Å². The summed E-state index contributed by atoms with van der Waals surface area (Å²) in [5, 5.41) is 12.2. The average Bonchev–Trinajstić information content (AvgIpc) is 3.18. The third-order valence-electron chi connectivity index (χ3n) is 3.13. The number of hydrogen-bond acceptors (Lipinski definition) is 4. The average molecular weight is 464 g/mol. The molecule has 2 aromatic rings. The minimum absolute atomic E-state index is 0. The standard InChI is InChI=1S/C16H24N4S2.HI/c1-3-15-20-13(12-22-15)7-9-18-16(17-4-2)19-10-8-14-6-5-11-21-14;/h5-6,11-12H,3-4,7-10H2,1-2H3,(H2,17,18,19);1H. The molecule has 2 heterocycles. The van der Waals surface area contributed by atoms with Crippen molar-refractivity contribution in [2.45, 2.75) is 33.1 Å². The Balaban J connectivity index is 0.00000264. The number of thiophene rings is 1.